The van der Waals surface area contributed by atoms with Gasteiger partial charge >= 0.3 is 12.4 Å². The third kappa shape index (κ3) is 2.54. The number of halogens is 6. The van der Waals surface area contributed by atoms with E-state index in [0.29, 0.717) is 0 Å². The van der Waals surface area contributed by atoms with Crippen molar-refractivity contribution in [3.63, 3.8) is 0 Å². The Kier molecular flexibility index (Phi) is 2.99. The van der Waals surface area contributed by atoms with Gasteiger partial charge in [-0.2, -0.15) is 26.3 Å². The van der Waals surface area contributed by atoms with Crippen LogP contribution in [-0.4, -0.2) is 14.8 Å². The average Bonchev–Trinajstić information content (AvgIpc) is 2.73. The molecule has 2 rings (SSSR count). The highest BCUT2D eigenvalue weighted by molar-refractivity contribution is 5.35. The first-order valence-corrected chi connectivity index (χ1v) is 4.86. The lowest BCUT2D eigenvalue weighted by Crippen LogP contribution is -2.19. The summed E-state index contributed by atoms with van der Waals surface area (Å²) in [4.78, 5) is 0. The van der Waals surface area contributed by atoms with E-state index in [1.165, 1.54) is 18.2 Å². The zero-order chi connectivity index (χ0) is 14.3. The molecular formula is C10H5F6N3. The van der Waals surface area contributed by atoms with Crippen LogP contribution in [0, 0.1) is 0 Å². The van der Waals surface area contributed by atoms with E-state index >= 15 is 0 Å². The van der Waals surface area contributed by atoms with Gasteiger partial charge in [-0.25, -0.2) is 0 Å². The number of aromatic nitrogens is 3. The van der Waals surface area contributed by atoms with Gasteiger partial charge in [-0.1, -0.05) is 18.2 Å². The number of hydrogen-bond donors (Lipinski definition) is 0. The van der Waals surface area contributed by atoms with E-state index in [1.54, 1.807) is 0 Å². The molecule has 1 aromatic carbocycles. The fourth-order valence-corrected chi connectivity index (χ4v) is 1.47. The highest BCUT2D eigenvalue weighted by Gasteiger charge is 2.45. The van der Waals surface area contributed by atoms with Crippen molar-refractivity contribution in [3.8, 4) is 5.69 Å². The highest BCUT2D eigenvalue weighted by atomic mass is 19.4. The Morgan fingerprint density at radius 2 is 1.16 bits per heavy atom. The molecule has 0 saturated heterocycles. The van der Waals surface area contributed by atoms with Gasteiger partial charge in [-0.05, 0) is 12.1 Å². The van der Waals surface area contributed by atoms with E-state index in [0.717, 1.165) is 12.1 Å². The lowest BCUT2D eigenvalue weighted by molar-refractivity contribution is -0.153. The Balaban J connectivity index is 2.71. The Bertz CT molecular complexity index is 538. The van der Waals surface area contributed by atoms with Gasteiger partial charge in [0.05, 0.1) is 0 Å². The monoisotopic (exact) mass is 281 g/mol. The minimum absolute atomic E-state index is 0.0556. The lowest BCUT2D eigenvalue weighted by Gasteiger charge is -2.13. The van der Waals surface area contributed by atoms with E-state index < -0.39 is 24.0 Å². The quantitative estimate of drug-likeness (QED) is 0.751. The SMILES string of the molecule is FC(F)(F)c1nnc(C(F)(F)F)n1-c1ccccc1. The van der Waals surface area contributed by atoms with Crippen LogP contribution in [0.1, 0.15) is 11.6 Å². The fourth-order valence-electron chi connectivity index (χ4n) is 1.47. The molecule has 102 valence electrons. The van der Waals surface area contributed by atoms with Crippen molar-refractivity contribution in [2.75, 3.05) is 0 Å². The first-order valence-electron chi connectivity index (χ1n) is 4.86. The molecule has 0 N–H and O–H groups in total. The van der Waals surface area contributed by atoms with Crippen molar-refractivity contribution in [2.24, 2.45) is 0 Å². The fraction of sp³-hybridized carbons (Fsp3) is 0.200. The summed E-state index contributed by atoms with van der Waals surface area (Å²) in [7, 11) is 0. The average molecular weight is 281 g/mol. The number of hydrogen-bond acceptors (Lipinski definition) is 2. The van der Waals surface area contributed by atoms with E-state index in [9.17, 15) is 26.3 Å². The Hall–Kier alpha value is -2.06. The minimum Gasteiger partial charge on any atom is -0.268 e. The maximum absolute atomic E-state index is 12.6. The van der Waals surface area contributed by atoms with Crippen molar-refractivity contribution in [1.29, 1.82) is 0 Å². The minimum atomic E-state index is -5.04. The van der Waals surface area contributed by atoms with Crippen LogP contribution in [0.4, 0.5) is 26.3 Å². The third-order valence-electron chi connectivity index (χ3n) is 2.18. The molecule has 0 aliphatic heterocycles. The van der Waals surface area contributed by atoms with Gasteiger partial charge in [0.25, 0.3) is 0 Å². The Labute approximate surface area is 102 Å². The largest absolute Gasteiger partial charge is 0.452 e. The van der Waals surface area contributed by atoms with E-state index in [4.69, 9.17) is 0 Å². The molecule has 0 amide bonds. The Morgan fingerprint density at radius 1 is 0.737 bits per heavy atom. The molecule has 0 saturated carbocycles. The molecule has 1 heterocycles. The predicted molar refractivity (Wildman–Crippen MR) is 51.4 cm³/mol. The van der Waals surface area contributed by atoms with Gasteiger partial charge in [0.1, 0.15) is 0 Å². The molecule has 0 fully saturated rings. The number of benzene rings is 1. The van der Waals surface area contributed by atoms with E-state index in [-0.39, 0.29) is 10.3 Å². The first-order chi connectivity index (χ1) is 8.71. The summed E-state index contributed by atoms with van der Waals surface area (Å²) < 4.78 is 75.8. The van der Waals surface area contributed by atoms with Crippen molar-refractivity contribution in [2.45, 2.75) is 12.4 Å². The first kappa shape index (κ1) is 13.4. The second-order valence-electron chi connectivity index (χ2n) is 3.51. The highest BCUT2D eigenvalue weighted by Crippen LogP contribution is 2.35. The molecule has 2 aromatic rings. The molecule has 0 bridgehead atoms. The molecule has 0 spiro atoms. The molecule has 0 unspecified atom stereocenters. The molecule has 0 aliphatic carbocycles. The summed E-state index contributed by atoms with van der Waals surface area (Å²) in [6, 6.07) is 6.31. The van der Waals surface area contributed by atoms with Crippen molar-refractivity contribution >= 4 is 0 Å². The van der Waals surface area contributed by atoms with Crippen LogP contribution >= 0.6 is 0 Å². The number of para-hydroxylation sites is 1. The molecule has 9 heteroatoms. The van der Waals surface area contributed by atoms with Crippen LogP contribution in [0.2, 0.25) is 0 Å². The summed E-state index contributed by atoms with van der Waals surface area (Å²) in [5.41, 5.74) is -0.313. The predicted octanol–water partition coefficient (Wildman–Crippen LogP) is 3.30. The number of rotatable bonds is 1. The van der Waals surface area contributed by atoms with Crippen LogP contribution < -0.4 is 0 Å². The molecule has 3 nitrogen and oxygen atoms in total. The Morgan fingerprint density at radius 3 is 1.53 bits per heavy atom. The molecule has 0 aliphatic rings. The molecule has 1 aromatic heterocycles. The van der Waals surface area contributed by atoms with Gasteiger partial charge in [-0.15, -0.1) is 10.2 Å². The van der Waals surface area contributed by atoms with Gasteiger partial charge in [0, 0.05) is 5.69 Å². The van der Waals surface area contributed by atoms with Gasteiger partial charge in [-0.3, -0.25) is 4.57 Å². The van der Waals surface area contributed by atoms with Gasteiger partial charge < -0.3 is 0 Å². The summed E-state index contributed by atoms with van der Waals surface area (Å²) in [6.45, 7) is 0. The molecule has 0 atom stereocenters. The van der Waals surface area contributed by atoms with Crippen LogP contribution in [0.25, 0.3) is 5.69 Å². The summed E-state index contributed by atoms with van der Waals surface area (Å²) >= 11 is 0. The van der Waals surface area contributed by atoms with Crippen molar-refractivity contribution < 1.29 is 26.3 Å². The maximum Gasteiger partial charge on any atom is 0.452 e. The van der Waals surface area contributed by atoms with Crippen LogP contribution in [-0.2, 0) is 12.4 Å². The van der Waals surface area contributed by atoms with Crippen LogP contribution in [0.5, 0.6) is 0 Å². The molecular weight excluding hydrogens is 276 g/mol. The molecule has 19 heavy (non-hydrogen) atoms. The zero-order valence-electron chi connectivity index (χ0n) is 9.00. The van der Waals surface area contributed by atoms with E-state index in [1.807, 2.05) is 0 Å². The van der Waals surface area contributed by atoms with Crippen molar-refractivity contribution in [3.05, 3.63) is 42.0 Å². The topological polar surface area (TPSA) is 30.7 Å². The van der Waals surface area contributed by atoms with Crippen LogP contribution in [0.15, 0.2) is 30.3 Å². The molecule has 0 radical (unpaired) electrons. The number of nitrogens with zero attached hydrogens (tertiary/aromatic N) is 3. The summed E-state index contributed by atoms with van der Waals surface area (Å²) in [5.74, 6) is -3.43. The third-order valence-corrected chi connectivity index (χ3v) is 2.18. The van der Waals surface area contributed by atoms with E-state index in [2.05, 4.69) is 10.2 Å². The second-order valence-corrected chi connectivity index (χ2v) is 3.51. The zero-order valence-corrected chi connectivity index (χ0v) is 9.00. The van der Waals surface area contributed by atoms with Crippen molar-refractivity contribution in [1.82, 2.24) is 14.8 Å². The second kappa shape index (κ2) is 4.25. The summed E-state index contributed by atoms with van der Waals surface area (Å²) in [5, 5.41) is 5.20. The lowest BCUT2D eigenvalue weighted by atomic mass is 10.3. The standard InChI is InChI=1S/C10H5F6N3/c11-9(12,13)7-17-18-8(10(14,15)16)19(7)6-4-2-1-3-5-6/h1-5H. The number of alkyl halides is 6. The summed E-state index contributed by atoms with van der Waals surface area (Å²) in [6.07, 6.45) is -10.1. The van der Waals surface area contributed by atoms with Crippen LogP contribution in [0.3, 0.4) is 0 Å². The van der Waals surface area contributed by atoms with Gasteiger partial charge in [0.2, 0.25) is 11.6 Å². The van der Waals surface area contributed by atoms with Gasteiger partial charge in [0.15, 0.2) is 0 Å². The maximum atomic E-state index is 12.6. The smallest absolute Gasteiger partial charge is 0.268 e. The normalized spacial score (nSPS) is 12.7.